The summed E-state index contributed by atoms with van der Waals surface area (Å²) in [7, 11) is 0. The molecule has 0 unspecified atom stereocenters. The number of fused-ring (bicyclic) bond motifs is 2. The number of anilines is 1. The minimum absolute atomic E-state index is 0.0274. The Morgan fingerprint density at radius 1 is 1.00 bits per heavy atom. The molecule has 6 heteroatoms. The number of hydrogen-bond acceptors (Lipinski definition) is 6. The van der Waals surface area contributed by atoms with Gasteiger partial charge < -0.3 is 24.8 Å². The van der Waals surface area contributed by atoms with Gasteiger partial charge in [0.25, 0.3) is 0 Å². The van der Waals surface area contributed by atoms with Gasteiger partial charge in [0.15, 0.2) is 6.29 Å². The van der Waals surface area contributed by atoms with Crippen LogP contribution in [0.5, 0.6) is 0 Å². The van der Waals surface area contributed by atoms with Crippen LogP contribution in [0.3, 0.4) is 0 Å². The first-order valence-electron chi connectivity index (χ1n) is 11.5. The molecular formula is C23H35N3O3. The third-order valence-corrected chi connectivity index (χ3v) is 7.36. The smallest absolute Gasteiger partial charge is 0.176 e. The summed E-state index contributed by atoms with van der Waals surface area (Å²) < 4.78 is 12.2. The Morgan fingerprint density at radius 2 is 1.76 bits per heavy atom. The normalized spacial score (nSPS) is 36.4. The molecule has 0 aromatic heterocycles. The molecule has 0 amide bonds. The molecule has 3 aliphatic heterocycles. The van der Waals surface area contributed by atoms with Crippen molar-refractivity contribution in [3.05, 3.63) is 30.3 Å². The first-order valence-corrected chi connectivity index (χ1v) is 11.5. The van der Waals surface area contributed by atoms with Crippen LogP contribution in [0, 0.1) is 5.92 Å². The van der Waals surface area contributed by atoms with E-state index in [9.17, 15) is 5.11 Å². The number of hydrogen-bond donors (Lipinski definition) is 2. The first-order chi connectivity index (χ1) is 14.3. The third-order valence-electron chi connectivity index (χ3n) is 7.36. The maximum Gasteiger partial charge on any atom is 0.176 e. The van der Waals surface area contributed by atoms with Crippen LogP contribution in [-0.4, -0.2) is 79.9 Å². The van der Waals surface area contributed by atoms with Crippen molar-refractivity contribution in [2.75, 3.05) is 44.2 Å². The van der Waals surface area contributed by atoms with E-state index in [0.29, 0.717) is 6.61 Å². The van der Waals surface area contributed by atoms with Gasteiger partial charge in [-0.1, -0.05) is 37.5 Å². The molecule has 0 radical (unpaired) electrons. The molecule has 4 fully saturated rings. The average molecular weight is 402 g/mol. The Labute approximate surface area is 174 Å². The number of benzene rings is 1. The van der Waals surface area contributed by atoms with E-state index in [1.807, 2.05) is 0 Å². The van der Waals surface area contributed by atoms with E-state index in [1.165, 1.54) is 37.8 Å². The van der Waals surface area contributed by atoms with Crippen molar-refractivity contribution < 1.29 is 14.6 Å². The van der Waals surface area contributed by atoms with Crippen molar-refractivity contribution in [3.63, 3.8) is 0 Å². The summed E-state index contributed by atoms with van der Waals surface area (Å²) in [4.78, 5) is 4.80. The minimum Gasteiger partial charge on any atom is -0.390 e. The summed E-state index contributed by atoms with van der Waals surface area (Å²) in [5.74, 6) is 0.740. The fourth-order valence-corrected chi connectivity index (χ4v) is 5.65. The van der Waals surface area contributed by atoms with Crippen molar-refractivity contribution in [2.45, 2.75) is 62.7 Å². The predicted molar refractivity (Wildman–Crippen MR) is 113 cm³/mol. The number of ether oxygens (including phenoxy) is 2. The number of para-hydroxylation sites is 1. The molecule has 6 nitrogen and oxygen atoms in total. The number of nitrogens with one attached hydrogen (secondary N) is 1. The first kappa shape index (κ1) is 19.8. The van der Waals surface area contributed by atoms with Gasteiger partial charge in [0.1, 0.15) is 6.10 Å². The molecule has 4 aliphatic rings. The molecule has 1 aromatic carbocycles. The zero-order valence-electron chi connectivity index (χ0n) is 17.3. The molecule has 3 saturated heterocycles. The lowest BCUT2D eigenvalue weighted by atomic mass is 9.88. The van der Waals surface area contributed by atoms with Crippen molar-refractivity contribution in [1.82, 2.24) is 10.2 Å². The standard InChI is InChI=1S/C23H35N3O3/c27-22-20(24-15-17-7-3-1-4-8-17)19-16-28-23(29-19)21(22)26-13-11-25(12-14-26)18-9-5-2-6-10-18/h2,5-6,9-10,17,19-24,27H,1,3-4,7-8,11-16H2/t19-,20-,21-,22+,23-/m1/s1. The monoisotopic (exact) mass is 401 g/mol. The van der Waals surface area contributed by atoms with Crippen molar-refractivity contribution in [1.29, 1.82) is 0 Å². The summed E-state index contributed by atoms with van der Waals surface area (Å²) in [6.07, 6.45) is 5.91. The number of piperazine rings is 1. The average Bonchev–Trinajstić information content (AvgIpc) is 3.20. The van der Waals surface area contributed by atoms with Gasteiger partial charge in [0, 0.05) is 31.9 Å². The lowest BCUT2D eigenvalue weighted by Gasteiger charge is -2.47. The number of nitrogens with zero attached hydrogens (tertiary/aromatic N) is 2. The van der Waals surface area contributed by atoms with E-state index >= 15 is 0 Å². The molecule has 160 valence electrons. The highest BCUT2D eigenvalue weighted by Crippen LogP contribution is 2.33. The Kier molecular flexibility index (Phi) is 6.07. The van der Waals surface area contributed by atoms with Crippen LogP contribution in [0.1, 0.15) is 32.1 Å². The van der Waals surface area contributed by atoms with Crippen LogP contribution in [0.4, 0.5) is 5.69 Å². The second-order valence-corrected chi connectivity index (χ2v) is 9.15. The topological polar surface area (TPSA) is 57.2 Å². The van der Waals surface area contributed by atoms with Crippen LogP contribution >= 0.6 is 0 Å². The van der Waals surface area contributed by atoms with Gasteiger partial charge in [-0.15, -0.1) is 0 Å². The second-order valence-electron chi connectivity index (χ2n) is 9.15. The molecule has 1 saturated carbocycles. The summed E-state index contributed by atoms with van der Waals surface area (Å²) >= 11 is 0. The van der Waals surface area contributed by atoms with Gasteiger partial charge in [0.2, 0.25) is 0 Å². The van der Waals surface area contributed by atoms with Crippen molar-refractivity contribution in [2.24, 2.45) is 5.92 Å². The molecule has 2 N–H and O–H groups in total. The zero-order valence-corrected chi connectivity index (χ0v) is 17.3. The quantitative estimate of drug-likeness (QED) is 0.785. The van der Waals surface area contributed by atoms with Gasteiger partial charge in [-0.3, -0.25) is 4.90 Å². The van der Waals surface area contributed by atoms with Crippen LogP contribution < -0.4 is 10.2 Å². The SMILES string of the molecule is O[C@H]1[C@H](NCC2CCCCC2)[C@H]2CO[C@H](O2)[C@@H]1N1CCN(c2ccccc2)CC1. The van der Waals surface area contributed by atoms with Gasteiger partial charge in [-0.05, 0) is 37.4 Å². The van der Waals surface area contributed by atoms with E-state index in [0.717, 1.165) is 38.6 Å². The van der Waals surface area contributed by atoms with Crippen molar-refractivity contribution >= 4 is 5.69 Å². The van der Waals surface area contributed by atoms with Gasteiger partial charge in [-0.25, -0.2) is 0 Å². The molecule has 29 heavy (non-hydrogen) atoms. The lowest BCUT2D eigenvalue weighted by Crippen LogP contribution is -2.66. The highest BCUT2D eigenvalue weighted by molar-refractivity contribution is 5.46. The molecule has 5 rings (SSSR count). The van der Waals surface area contributed by atoms with Crippen LogP contribution in [0.15, 0.2) is 30.3 Å². The molecule has 3 heterocycles. The fourth-order valence-electron chi connectivity index (χ4n) is 5.65. The molecular weight excluding hydrogens is 366 g/mol. The highest BCUT2D eigenvalue weighted by Gasteiger charge is 2.52. The summed E-state index contributed by atoms with van der Waals surface area (Å²) in [6.45, 7) is 5.33. The molecule has 2 bridgehead atoms. The van der Waals surface area contributed by atoms with E-state index in [1.54, 1.807) is 0 Å². The lowest BCUT2D eigenvalue weighted by molar-refractivity contribution is -0.183. The third kappa shape index (κ3) is 4.19. The largest absolute Gasteiger partial charge is 0.390 e. The fraction of sp³-hybridized carbons (Fsp3) is 0.739. The van der Waals surface area contributed by atoms with E-state index in [4.69, 9.17) is 9.47 Å². The maximum absolute atomic E-state index is 11.3. The van der Waals surface area contributed by atoms with Crippen LogP contribution in [0.25, 0.3) is 0 Å². The van der Waals surface area contributed by atoms with E-state index in [2.05, 4.69) is 45.4 Å². The van der Waals surface area contributed by atoms with E-state index in [-0.39, 0.29) is 24.5 Å². The Bertz CT molecular complexity index is 646. The van der Waals surface area contributed by atoms with Crippen LogP contribution in [-0.2, 0) is 9.47 Å². The Balaban J connectivity index is 1.20. The highest BCUT2D eigenvalue weighted by atomic mass is 16.7. The zero-order chi connectivity index (χ0) is 19.6. The minimum atomic E-state index is -0.451. The van der Waals surface area contributed by atoms with Gasteiger partial charge in [0.05, 0.1) is 24.8 Å². The van der Waals surface area contributed by atoms with Gasteiger partial charge in [-0.2, -0.15) is 0 Å². The van der Waals surface area contributed by atoms with Gasteiger partial charge >= 0.3 is 0 Å². The number of aliphatic hydroxyl groups excluding tert-OH is 1. The Morgan fingerprint density at radius 3 is 2.52 bits per heavy atom. The van der Waals surface area contributed by atoms with E-state index < -0.39 is 6.10 Å². The molecule has 1 aromatic rings. The summed E-state index contributed by atoms with van der Waals surface area (Å²) in [5.41, 5.74) is 1.27. The van der Waals surface area contributed by atoms with Crippen LogP contribution in [0.2, 0.25) is 0 Å². The predicted octanol–water partition coefficient (Wildman–Crippen LogP) is 1.83. The van der Waals surface area contributed by atoms with Crippen molar-refractivity contribution in [3.8, 4) is 0 Å². The second kappa shape index (κ2) is 8.90. The maximum atomic E-state index is 11.3. The Hall–Kier alpha value is -1.18. The molecule has 5 atom stereocenters. The summed E-state index contributed by atoms with van der Waals surface area (Å²) in [5, 5.41) is 15.0. The molecule has 0 spiro atoms. The molecule has 1 aliphatic carbocycles. The number of aliphatic hydroxyl groups is 1. The number of rotatable bonds is 5. The summed E-state index contributed by atoms with van der Waals surface area (Å²) in [6, 6.07) is 10.5.